The van der Waals surface area contributed by atoms with Crippen molar-refractivity contribution in [2.24, 2.45) is 17.8 Å². The molecule has 3 aliphatic rings. The Hall–Kier alpha value is -1.35. The molecule has 1 heterocycles. The van der Waals surface area contributed by atoms with Crippen molar-refractivity contribution in [1.82, 2.24) is 5.32 Å². The number of carbonyl (C=O) groups is 1. The summed E-state index contributed by atoms with van der Waals surface area (Å²) in [5.41, 5.74) is 0.900. The second-order valence-corrected chi connectivity index (χ2v) is 6.56. The maximum absolute atomic E-state index is 12.4. The summed E-state index contributed by atoms with van der Waals surface area (Å²) in [5.74, 6) is 1.72. The summed E-state index contributed by atoms with van der Waals surface area (Å²) < 4.78 is 5.15. The highest BCUT2D eigenvalue weighted by Gasteiger charge is 2.65. The van der Waals surface area contributed by atoms with Crippen molar-refractivity contribution in [3.63, 3.8) is 0 Å². The van der Waals surface area contributed by atoms with Gasteiger partial charge in [-0.2, -0.15) is 0 Å². The fourth-order valence-electron chi connectivity index (χ4n) is 5.18. The van der Waals surface area contributed by atoms with Crippen LogP contribution in [0.2, 0.25) is 0 Å². The van der Waals surface area contributed by atoms with Gasteiger partial charge in [0.25, 0.3) is 0 Å². The van der Waals surface area contributed by atoms with Crippen molar-refractivity contribution in [2.45, 2.75) is 37.3 Å². The summed E-state index contributed by atoms with van der Waals surface area (Å²) in [5, 5.41) is 3.69. The van der Waals surface area contributed by atoms with Crippen molar-refractivity contribution < 1.29 is 9.53 Å². The number of rotatable bonds is 2. The van der Waals surface area contributed by atoms with Crippen LogP contribution in [-0.4, -0.2) is 18.6 Å². The quantitative estimate of drug-likeness (QED) is 0.840. The number of nitrogens with one attached hydrogen (secondary N) is 1. The molecule has 0 unspecified atom stereocenters. The molecule has 0 amide bonds. The third-order valence-electron chi connectivity index (χ3n) is 5.87. The SMILES string of the molecule is COC(=O)[C@]12CC[C@H]3CC[C@H]([C@H]31)[C@H](c1ccccc1)N2. The highest BCUT2D eigenvalue weighted by atomic mass is 16.5. The average Bonchev–Trinajstić information content (AvgIpc) is 3.15. The molecule has 0 radical (unpaired) electrons. The number of benzene rings is 1. The molecule has 20 heavy (non-hydrogen) atoms. The molecule has 0 aromatic heterocycles. The van der Waals surface area contributed by atoms with E-state index in [9.17, 15) is 4.79 Å². The molecule has 2 aliphatic carbocycles. The first-order valence-corrected chi connectivity index (χ1v) is 7.67. The summed E-state index contributed by atoms with van der Waals surface area (Å²) in [4.78, 5) is 12.4. The second kappa shape index (κ2) is 4.32. The Labute approximate surface area is 119 Å². The molecule has 1 aliphatic heterocycles. The standard InChI is InChI=1S/C17H21NO2/c1-20-16(19)17-10-9-11-7-8-13(14(11)17)15(18-17)12-5-3-2-4-6-12/h2-6,11,13-15,18H,7-10H2,1H3/t11-,13-,14+,15+,17+/m1/s1. The zero-order chi connectivity index (χ0) is 13.7. The first-order valence-electron chi connectivity index (χ1n) is 7.67. The minimum atomic E-state index is -0.416. The zero-order valence-electron chi connectivity index (χ0n) is 11.8. The number of ether oxygens (including phenoxy) is 1. The van der Waals surface area contributed by atoms with Crippen LogP contribution in [0.3, 0.4) is 0 Å². The Morgan fingerprint density at radius 1 is 1.25 bits per heavy atom. The molecule has 3 fully saturated rings. The Bertz CT molecular complexity index is 529. The molecule has 3 heteroatoms. The molecule has 1 aromatic rings. The van der Waals surface area contributed by atoms with Crippen LogP contribution in [0, 0.1) is 17.8 Å². The van der Waals surface area contributed by atoms with Crippen molar-refractivity contribution >= 4 is 5.97 Å². The van der Waals surface area contributed by atoms with E-state index in [0.717, 1.165) is 6.42 Å². The minimum absolute atomic E-state index is 0.0460. The van der Waals surface area contributed by atoms with Crippen LogP contribution in [0.5, 0.6) is 0 Å². The first-order chi connectivity index (χ1) is 9.76. The highest BCUT2D eigenvalue weighted by molar-refractivity contribution is 5.82. The van der Waals surface area contributed by atoms with Gasteiger partial charge in [-0.25, -0.2) is 0 Å². The monoisotopic (exact) mass is 271 g/mol. The largest absolute Gasteiger partial charge is 0.468 e. The predicted molar refractivity (Wildman–Crippen MR) is 76.0 cm³/mol. The van der Waals surface area contributed by atoms with Crippen molar-refractivity contribution in [3.05, 3.63) is 35.9 Å². The van der Waals surface area contributed by atoms with Gasteiger partial charge in [0.15, 0.2) is 0 Å². The van der Waals surface area contributed by atoms with E-state index >= 15 is 0 Å². The lowest BCUT2D eigenvalue weighted by atomic mass is 9.81. The first kappa shape index (κ1) is 12.4. The molecule has 0 bridgehead atoms. The van der Waals surface area contributed by atoms with E-state index in [1.54, 1.807) is 0 Å². The van der Waals surface area contributed by atoms with Crippen molar-refractivity contribution in [2.75, 3.05) is 7.11 Å². The fourth-order valence-corrected chi connectivity index (χ4v) is 5.18. The maximum atomic E-state index is 12.4. The lowest BCUT2D eigenvalue weighted by Gasteiger charge is -2.27. The normalized spacial score (nSPS) is 41.6. The summed E-state index contributed by atoms with van der Waals surface area (Å²) in [6, 6.07) is 10.9. The topological polar surface area (TPSA) is 38.3 Å². The smallest absolute Gasteiger partial charge is 0.326 e. The Balaban J connectivity index is 1.75. The predicted octanol–water partition coefficient (Wildman–Crippen LogP) is 2.68. The zero-order valence-corrected chi connectivity index (χ0v) is 11.8. The molecule has 0 spiro atoms. The Morgan fingerprint density at radius 2 is 2.05 bits per heavy atom. The van der Waals surface area contributed by atoms with Crippen LogP contribution >= 0.6 is 0 Å². The third-order valence-corrected chi connectivity index (χ3v) is 5.87. The second-order valence-electron chi connectivity index (χ2n) is 6.56. The van der Waals surface area contributed by atoms with E-state index in [-0.39, 0.29) is 5.97 Å². The van der Waals surface area contributed by atoms with Crippen LogP contribution in [0.1, 0.15) is 37.3 Å². The lowest BCUT2D eigenvalue weighted by Crippen LogP contribution is -2.51. The molecule has 2 saturated carbocycles. The molecule has 3 nitrogen and oxygen atoms in total. The molecule has 4 rings (SSSR count). The van der Waals surface area contributed by atoms with E-state index in [1.165, 1.54) is 31.9 Å². The van der Waals surface area contributed by atoms with Crippen LogP contribution in [0.15, 0.2) is 30.3 Å². The van der Waals surface area contributed by atoms with E-state index < -0.39 is 5.54 Å². The molecule has 106 valence electrons. The highest BCUT2D eigenvalue weighted by Crippen LogP contribution is 2.61. The summed E-state index contributed by atoms with van der Waals surface area (Å²) in [6.45, 7) is 0. The van der Waals surface area contributed by atoms with Crippen LogP contribution in [-0.2, 0) is 9.53 Å². The van der Waals surface area contributed by atoms with E-state index in [4.69, 9.17) is 4.74 Å². The molecule has 1 N–H and O–H groups in total. The van der Waals surface area contributed by atoms with Gasteiger partial charge < -0.3 is 4.74 Å². The van der Waals surface area contributed by atoms with E-state index in [2.05, 4.69) is 29.6 Å². The Morgan fingerprint density at radius 3 is 2.80 bits per heavy atom. The fraction of sp³-hybridized carbons (Fsp3) is 0.588. The number of esters is 1. The van der Waals surface area contributed by atoms with Gasteiger partial charge in [0.05, 0.1) is 7.11 Å². The lowest BCUT2D eigenvalue weighted by molar-refractivity contribution is -0.149. The molecule has 1 aromatic carbocycles. The van der Waals surface area contributed by atoms with Crippen LogP contribution in [0.25, 0.3) is 0 Å². The van der Waals surface area contributed by atoms with Gasteiger partial charge in [-0.05, 0) is 49.0 Å². The molecular formula is C17H21NO2. The average molecular weight is 271 g/mol. The number of hydrogen-bond acceptors (Lipinski definition) is 3. The van der Waals surface area contributed by atoms with Crippen LogP contribution in [0.4, 0.5) is 0 Å². The number of hydrogen-bond donors (Lipinski definition) is 1. The van der Waals surface area contributed by atoms with Gasteiger partial charge in [-0.15, -0.1) is 0 Å². The van der Waals surface area contributed by atoms with Gasteiger partial charge >= 0.3 is 5.97 Å². The van der Waals surface area contributed by atoms with Crippen molar-refractivity contribution in [3.8, 4) is 0 Å². The molecule has 5 atom stereocenters. The number of carbonyl (C=O) groups excluding carboxylic acids is 1. The van der Waals surface area contributed by atoms with Gasteiger partial charge in [0, 0.05) is 6.04 Å². The van der Waals surface area contributed by atoms with Gasteiger partial charge in [-0.1, -0.05) is 30.3 Å². The summed E-state index contributed by atoms with van der Waals surface area (Å²) in [7, 11) is 1.52. The summed E-state index contributed by atoms with van der Waals surface area (Å²) in [6.07, 6.45) is 4.62. The maximum Gasteiger partial charge on any atom is 0.326 e. The van der Waals surface area contributed by atoms with E-state index in [1.807, 2.05) is 6.07 Å². The molecular weight excluding hydrogens is 250 g/mol. The van der Waals surface area contributed by atoms with Crippen molar-refractivity contribution in [1.29, 1.82) is 0 Å². The van der Waals surface area contributed by atoms with Gasteiger partial charge in [0.1, 0.15) is 5.54 Å². The molecule has 1 saturated heterocycles. The minimum Gasteiger partial charge on any atom is -0.468 e. The van der Waals surface area contributed by atoms with Gasteiger partial charge in [0.2, 0.25) is 0 Å². The van der Waals surface area contributed by atoms with Crippen LogP contribution < -0.4 is 5.32 Å². The Kier molecular flexibility index (Phi) is 2.68. The number of methoxy groups -OCH3 is 1. The third kappa shape index (κ3) is 1.47. The summed E-state index contributed by atoms with van der Waals surface area (Å²) >= 11 is 0. The van der Waals surface area contributed by atoms with Gasteiger partial charge in [-0.3, -0.25) is 10.1 Å². The van der Waals surface area contributed by atoms with E-state index in [0.29, 0.717) is 23.8 Å².